The number of hydrogen-bond donors (Lipinski definition) is 9. The first-order valence-corrected chi connectivity index (χ1v) is 15.5. The zero-order valence-corrected chi connectivity index (χ0v) is 26.4. The molecule has 0 saturated carbocycles. The Morgan fingerprint density at radius 1 is 0.822 bits per heavy atom. The molecule has 0 bridgehead atoms. The largest absolute Gasteiger partial charge is 0.394 e. The van der Waals surface area contributed by atoms with Crippen LogP contribution in [0, 0.1) is 0 Å². The van der Waals surface area contributed by atoms with E-state index in [1.807, 2.05) is 0 Å². The Kier molecular flexibility index (Phi) is 17.1. The lowest BCUT2D eigenvalue weighted by Crippen LogP contribution is -2.68. The van der Waals surface area contributed by atoms with E-state index in [0.717, 1.165) is 25.7 Å². The molecular weight excluding hydrogens is 598 g/mol. The van der Waals surface area contributed by atoms with Crippen LogP contribution < -0.4 is 27.0 Å². The van der Waals surface area contributed by atoms with Gasteiger partial charge in [0.05, 0.1) is 18.8 Å². The fourth-order valence-corrected chi connectivity index (χ4v) is 5.16. The molecule has 2 aliphatic heterocycles. The predicted octanol–water partition coefficient (Wildman–Crippen LogP) is -2.61. The van der Waals surface area contributed by atoms with Crippen molar-refractivity contribution in [3.05, 3.63) is 0 Å². The van der Waals surface area contributed by atoms with Gasteiger partial charge in [-0.3, -0.25) is 35.5 Å². The number of carbonyl (C=O) groups is 4. The van der Waals surface area contributed by atoms with Gasteiger partial charge in [0.25, 0.3) is 5.91 Å². The maximum absolute atomic E-state index is 13.0. The van der Waals surface area contributed by atoms with E-state index in [2.05, 4.69) is 33.9 Å². The van der Waals surface area contributed by atoms with Crippen molar-refractivity contribution in [1.29, 1.82) is 0 Å². The Labute approximate surface area is 263 Å². The summed E-state index contributed by atoms with van der Waals surface area (Å²) in [6.45, 7) is 5.06. The second kappa shape index (κ2) is 19.9. The van der Waals surface area contributed by atoms with Crippen molar-refractivity contribution in [3.63, 3.8) is 0 Å². The number of unbranched alkanes of at least 4 members (excludes halogenated alkanes) is 4. The highest BCUT2D eigenvalue weighted by molar-refractivity contribution is 5.85. The van der Waals surface area contributed by atoms with Crippen LogP contribution in [0.5, 0.6) is 0 Å². The average molecular weight is 650 g/mol. The molecule has 2 saturated heterocycles. The highest BCUT2D eigenvalue weighted by atomic mass is 16.7. The van der Waals surface area contributed by atoms with Gasteiger partial charge in [0.15, 0.2) is 12.4 Å². The van der Waals surface area contributed by atoms with Crippen LogP contribution in [0.2, 0.25) is 0 Å². The van der Waals surface area contributed by atoms with Crippen LogP contribution in [0.25, 0.3) is 0 Å². The average Bonchev–Trinajstić information content (AvgIpc) is 3.00. The first-order chi connectivity index (χ1) is 21.4. The Balaban J connectivity index is 1.90. The fourth-order valence-electron chi connectivity index (χ4n) is 5.16. The molecule has 2 aliphatic rings. The third-order valence-electron chi connectivity index (χ3n) is 7.65. The van der Waals surface area contributed by atoms with E-state index in [1.54, 1.807) is 6.92 Å². The molecule has 0 radical (unpaired) electrons. The molecule has 17 nitrogen and oxygen atoms in total. The second-order valence-corrected chi connectivity index (χ2v) is 11.3. The number of ether oxygens (including phenoxy) is 4. The van der Waals surface area contributed by atoms with Crippen LogP contribution in [-0.4, -0.2) is 125 Å². The molecule has 45 heavy (non-hydrogen) atoms. The zero-order valence-electron chi connectivity index (χ0n) is 26.4. The number of carbonyl (C=O) groups excluding carboxylic acids is 4. The van der Waals surface area contributed by atoms with Crippen molar-refractivity contribution >= 4 is 23.6 Å². The van der Waals surface area contributed by atoms with Crippen LogP contribution >= 0.6 is 0 Å². The lowest BCUT2D eigenvalue weighted by atomic mass is 9.92. The summed E-state index contributed by atoms with van der Waals surface area (Å²) in [5.41, 5.74) is 9.95. The molecule has 2 fully saturated rings. The van der Waals surface area contributed by atoms with Gasteiger partial charge in [-0.05, 0) is 26.2 Å². The molecule has 0 aromatic carbocycles. The van der Waals surface area contributed by atoms with Gasteiger partial charge < -0.3 is 44.7 Å². The summed E-state index contributed by atoms with van der Waals surface area (Å²) in [5, 5.41) is 44.4. The van der Waals surface area contributed by atoms with Crippen LogP contribution in [-0.2, 0) is 38.1 Å². The smallest absolute Gasteiger partial charge is 0.270 e. The third-order valence-corrected chi connectivity index (χ3v) is 7.65. The summed E-state index contributed by atoms with van der Waals surface area (Å²) >= 11 is 0. The minimum absolute atomic E-state index is 0.0146. The molecule has 4 amide bonds. The molecule has 5 unspecified atom stereocenters. The molecular formula is C28H51N5O12. The Morgan fingerprint density at radius 2 is 1.49 bits per heavy atom. The fraction of sp³-hybridized carbons (Fsp3) is 0.857. The van der Waals surface area contributed by atoms with E-state index in [4.69, 9.17) is 18.9 Å². The van der Waals surface area contributed by atoms with E-state index in [9.17, 15) is 39.6 Å². The van der Waals surface area contributed by atoms with Crippen LogP contribution in [0.15, 0.2) is 0 Å². The minimum atomic E-state index is -1.75. The Hall–Kier alpha value is -2.48. The lowest BCUT2D eigenvalue weighted by Gasteiger charge is -2.47. The monoisotopic (exact) mass is 649 g/mol. The number of aliphatic hydroxyl groups is 4. The van der Waals surface area contributed by atoms with Crippen molar-refractivity contribution in [3.8, 4) is 0 Å². The zero-order chi connectivity index (χ0) is 33.5. The van der Waals surface area contributed by atoms with Gasteiger partial charge in [-0.2, -0.15) is 0 Å². The molecule has 17 heteroatoms. The van der Waals surface area contributed by atoms with Gasteiger partial charge in [-0.25, -0.2) is 5.43 Å². The van der Waals surface area contributed by atoms with Crippen molar-refractivity contribution in [2.24, 2.45) is 0 Å². The molecule has 2 heterocycles. The van der Waals surface area contributed by atoms with Gasteiger partial charge in [-0.1, -0.05) is 26.2 Å². The quantitative estimate of drug-likeness (QED) is 0.0580. The number of aliphatic hydroxyl groups excluding tert-OH is 4. The minimum Gasteiger partial charge on any atom is -0.394 e. The second-order valence-electron chi connectivity index (χ2n) is 11.3. The number of hydrogen-bond acceptors (Lipinski definition) is 13. The Morgan fingerprint density at radius 3 is 2.09 bits per heavy atom. The maximum Gasteiger partial charge on any atom is 0.270 e. The first-order valence-electron chi connectivity index (χ1n) is 15.5. The number of rotatable bonds is 17. The van der Waals surface area contributed by atoms with Crippen LogP contribution in [0.1, 0.15) is 72.1 Å². The van der Waals surface area contributed by atoms with Crippen molar-refractivity contribution < 1.29 is 58.6 Å². The molecule has 0 aromatic rings. The van der Waals surface area contributed by atoms with E-state index in [-0.39, 0.29) is 18.7 Å². The van der Waals surface area contributed by atoms with Crippen molar-refractivity contribution in [2.45, 2.75) is 133 Å². The summed E-state index contributed by atoms with van der Waals surface area (Å²) < 4.78 is 22.2. The molecule has 0 aromatic heterocycles. The van der Waals surface area contributed by atoms with Gasteiger partial charge in [0.1, 0.15) is 36.6 Å². The van der Waals surface area contributed by atoms with Crippen molar-refractivity contribution in [1.82, 2.24) is 27.0 Å². The standard InChI is InChI=1S/C28H51N5O12/c1-5-6-7-10-13-29-31-18(36)11-8-9-12-19(37)32-33-27(41)26-25(42-4)22(39)23(40)28(45-26)44-24-20(30-16(3)35)15(2)43-17(14-34)21(24)38/h15,17,20-26,28-29,34,38-40H,5-14H2,1-4H3,(H,30,35)(H,31,36)(H,32,37)(H,33,41)/t15-,17?,20?,21?,22+,23?,24-,25-,26?,28+/m0/s1. The van der Waals surface area contributed by atoms with Gasteiger partial charge in [0, 0.05) is 33.4 Å². The van der Waals surface area contributed by atoms with Gasteiger partial charge in [-0.15, -0.1) is 0 Å². The SMILES string of the molecule is CCCCCCNNC(=O)CCCCC(=O)NNC(=O)C1O[C@@H](O[C@@H]2C(O)C(CO)O[C@@H](C)C2NC(C)=O)C(O)[C@@H](O)[C@@H]1OC. The highest BCUT2D eigenvalue weighted by Gasteiger charge is 2.52. The molecule has 2 rings (SSSR count). The number of nitrogens with one attached hydrogen (secondary N) is 5. The lowest BCUT2D eigenvalue weighted by molar-refractivity contribution is -0.325. The summed E-state index contributed by atoms with van der Waals surface area (Å²) in [7, 11) is 1.19. The van der Waals surface area contributed by atoms with Crippen LogP contribution in [0.3, 0.4) is 0 Å². The summed E-state index contributed by atoms with van der Waals surface area (Å²) in [5.74, 6) is -2.12. The number of hydrazine groups is 2. The van der Waals surface area contributed by atoms with E-state index >= 15 is 0 Å². The topological polar surface area (TPSA) is 246 Å². The van der Waals surface area contributed by atoms with Crippen molar-refractivity contribution in [2.75, 3.05) is 20.3 Å². The maximum atomic E-state index is 13.0. The molecule has 0 aliphatic carbocycles. The van der Waals surface area contributed by atoms with E-state index in [0.29, 0.717) is 19.4 Å². The molecule has 260 valence electrons. The molecule has 0 spiro atoms. The van der Waals surface area contributed by atoms with Crippen LogP contribution in [0.4, 0.5) is 0 Å². The predicted molar refractivity (Wildman–Crippen MR) is 156 cm³/mol. The van der Waals surface area contributed by atoms with E-state index in [1.165, 1.54) is 14.0 Å². The first kappa shape index (κ1) is 38.7. The molecule has 9 N–H and O–H groups in total. The van der Waals surface area contributed by atoms with E-state index < -0.39 is 85.5 Å². The van der Waals surface area contributed by atoms with Gasteiger partial charge >= 0.3 is 0 Å². The Bertz CT molecular complexity index is 946. The number of amides is 4. The number of methoxy groups -OCH3 is 1. The molecule has 10 atom stereocenters. The summed E-state index contributed by atoms with van der Waals surface area (Å²) in [6, 6.07) is -0.946. The summed E-state index contributed by atoms with van der Waals surface area (Å²) in [4.78, 5) is 49.0. The van der Waals surface area contributed by atoms with Gasteiger partial charge in [0.2, 0.25) is 17.7 Å². The highest BCUT2D eigenvalue weighted by Crippen LogP contribution is 2.30. The normalized spacial score (nSPS) is 31.6. The third kappa shape index (κ3) is 12.0. The summed E-state index contributed by atoms with van der Waals surface area (Å²) in [6.07, 6.45) is -7.31.